The Labute approximate surface area is 48.6 Å². The molecule has 0 atom stereocenters. The second-order valence-corrected chi connectivity index (χ2v) is 1.55. The van der Waals surface area contributed by atoms with Crippen molar-refractivity contribution in [2.75, 3.05) is 13.2 Å². The van der Waals surface area contributed by atoms with Crippen LogP contribution in [0.4, 0.5) is 0 Å². The van der Waals surface area contributed by atoms with Crippen LogP contribution in [0.25, 0.3) is 0 Å². The molecule has 8 heavy (non-hydrogen) atoms. The van der Waals surface area contributed by atoms with E-state index in [1.807, 2.05) is 0 Å². The van der Waals surface area contributed by atoms with Crippen LogP contribution in [0, 0.1) is 6.10 Å². The van der Waals surface area contributed by atoms with Gasteiger partial charge in [-0.25, -0.2) is 0 Å². The zero-order valence-electron chi connectivity index (χ0n) is 4.67. The Bertz CT molecular complexity index is 46.9. The van der Waals surface area contributed by atoms with Crippen LogP contribution < -0.4 is 0 Å². The number of rotatable bonds is 4. The molecule has 3 heteroatoms. The molecule has 0 fully saturated rings. The average molecular weight is 119 g/mol. The van der Waals surface area contributed by atoms with Crippen LogP contribution in [0.1, 0.15) is 12.8 Å². The third-order valence-electron chi connectivity index (χ3n) is 0.806. The second-order valence-electron chi connectivity index (χ2n) is 1.55. The van der Waals surface area contributed by atoms with Gasteiger partial charge in [0.2, 0.25) is 0 Å². The van der Waals surface area contributed by atoms with Crippen molar-refractivity contribution in [2.45, 2.75) is 12.8 Å². The van der Waals surface area contributed by atoms with Gasteiger partial charge in [0.25, 0.3) is 0 Å². The molecule has 0 saturated carbocycles. The third kappa shape index (κ3) is 4.05. The van der Waals surface area contributed by atoms with Gasteiger partial charge in [-0.15, -0.1) is 0 Å². The molecular formula is C5H11O3. The SMILES string of the molecule is OCCC[C](O)CO. The van der Waals surface area contributed by atoms with Crippen molar-refractivity contribution in [2.24, 2.45) is 0 Å². The van der Waals surface area contributed by atoms with Crippen LogP contribution in [0.2, 0.25) is 0 Å². The highest BCUT2D eigenvalue weighted by Crippen LogP contribution is 2.01. The summed E-state index contributed by atoms with van der Waals surface area (Å²) in [6.07, 6.45) is 0.957. The molecule has 0 rings (SSSR count). The molecular weight excluding hydrogens is 108 g/mol. The van der Waals surface area contributed by atoms with E-state index >= 15 is 0 Å². The molecule has 0 aromatic heterocycles. The van der Waals surface area contributed by atoms with Gasteiger partial charge < -0.3 is 15.3 Å². The second kappa shape index (κ2) is 5.03. The minimum absolute atomic E-state index is 0.0408. The van der Waals surface area contributed by atoms with Crippen molar-refractivity contribution < 1.29 is 15.3 Å². The van der Waals surface area contributed by atoms with Gasteiger partial charge >= 0.3 is 0 Å². The summed E-state index contributed by atoms with van der Waals surface area (Å²) < 4.78 is 0. The lowest BCUT2D eigenvalue weighted by Gasteiger charge is -2.01. The predicted molar refractivity (Wildman–Crippen MR) is 28.6 cm³/mol. The van der Waals surface area contributed by atoms with E-state index in [1.165, 1.54) is 0 Å². The normalized spacial score (nSPS) is 10.5. The molecule has 0 amide bonds. The van der Waals surface area contributed by atoms with E-state index in [2.05, 4.69) is 0 Å². The van der Waals surface area contributed by atoms with Crippen LogP contribution in [-0.4, -0.2) is 28.5 Å². The summed E-state index contributed by atoms with van der Waals surface area (Å²) in [6, 6.07) is 0. The van der Waals surface area contributed by atoms with Crippen LogP contribution >= 0.6 is 0 Å². The molecule has 0 spiro atoms. The van der Waals surface area contributed by atoms with Crippen molar-refractivity contribution >= 4 is 0 Å². The van der Waals surface area contributed by atoms with Gasteiger partial charge in [0, 0.05) is 6.61 Å². The van der Waals surface area contributed by atoms with E-state index in [9.17, 15) is 0 Å². The summed E-state index contributed by atoms with van der Waals surface area (Å²) in [5, 5.41) is 24.9. The lowest BCUT2D eigenvalue weighted by Crippen LogP contribution is -2.01. The third-order valence-corrected chi connectivity index (χ3v) is 0.806. The zero-order valence-corrected chi connectivity index (χ0v) is 4.67. The molecule has 0 heterocycles. The highest BCUT2D eigenvalue weighted by atomic mass is 16.3. The fraction of sp³-hybridized carbons (Fsp3) is 0.800. The summed E-state index contributed by atoms with van der Waals surface area (Å²) in [4.78, 5) is 0. The largest absolute Gasteiger partial charge is 0.396 e. The van der Waals surface area contributed by atoms with Gasteiger partial charge in [-0.3, -0.25) is 0 Å². The number of hydrogen-bond acceptors (Lipinski definition) is 3. The molecule has 0 aromatic rings. The maximum absolute atomic E-state index is 8.54. The molecule has 0 aliphatic carbocycles. The summed E-state index contributed by atoms with van der Waals surface area (Å²) in [6.45, 7) is -0.232. The van der Waals surface area contributed by atoms with E-state index in [-0.39, 0.29) is 19.3 Å². The monoisotopic (exact) mass is 119 g/mol. The molecule has 3 nitrogen and oxygen atoms in total. The first-order valence-corrected chi connectivity index (χ1v) is 2.56. The standard InChI is InChI=1S/C5H11O3/c6-3-1-2-5(8)4-7/h6-8H,1-4H2. The van der Waals surface area contributed by atoms with E-state index in [4.69, 9.17) is 15.3 Å². The van der Waals surface area contributed by atoms with Crippen molar-refractivity contribution in [3.05, 3.63) is 6.10 Å². The molecule has 0 aliphatic heterocycles. The lowest BCUT2D eigenvalue weighted by molar-refractivity contribution is 0.167. The summed E-state index contributed by atoms with van der Waals surface area (Å²) in [5.74, 6) is 0. The average Bonchev–Trinajstić information content (AvgIpc) is 1.83. The fourth-order valence-electron chi connectivity index (χ4n) is 0.362. The smallest absolute Gasteiger partial charge is 0.119 e. The highest BCUT2D eigenvalue weighted by molar-refractivity contribution is 4.72. The van der Waals surface area contributed by atoms with Crippen LogP contribution in [0.3, 0.4) is 0 Å². The number of aliphatic hydroxyl groups is 3. The van der Waals surface area contributed by atoms with Gasteiger partial charge in [-0.1, -0.05) is 0 Å². The Morgan fingerprint density at radius 2 is 1.88 bits per heavy atom. The minimum atomic E-state index is -0.292. The Morgan fingerprint density at radius 1 is 1.25 bits per heavy atom. The van der Waals surface area contributed by atoms with Crippen LogP contribution in [0.15, 0.2) is 0 Å². The van der Waals surface area contributed by atoms with Crippen LogP contribution in [-0.2, 0) is 0 Å². The van der Waals surface area contributed by atoms with Gasteiger partial charge in [0.1, 0.15) is 6.10 Å². The topological polar surface area (TPSA) is 60.7 Å². The molecule has 0 saturated heterocycles. The predicted octanol–water partition coefficient (Wildman–Crippen LogP) is -0.344. The van der Waals surface area contributed by atoms with Crippen molar-refractivity contribution in [3.63, 3.8) is 0 Å². The highest BCUT2D eigenvalue weighted by Gasteiger charge is 1.99. The fourth-order valence-corrected chi connectivity index (χ4v) is 0.362. The zero-order chi connectivity index (χ0) is 6.41. The van der Waals surface area contributed by atoms with Gasteiger partial charge in [0.15, 0.2) is 0 Å². The first kappa shape index (κ1) is 7.88. The Morgan fingerprint density at radius 3 is 2.25 bits per heavy atom. The molecule has 3 N–H and O–H groups in total. The van der Waals surface area contributed by atoms with E-state index in [0.717, 1.165) is 0 Å². The Balaban J connectivity index is 2.86. The first-order chi connectivity index (χ1) is 3.81. The van der Waals surface area contributed by atoms with E-state index in [1.54, 1.807) is 0 Å². The summed E-state index contributed by atoms with van der Waals surface area (Å²) in [5.41, 5.74) is 0. The lowest BCUT2D eigenvalue weighted by atomic mass is 10.2. The van der Waals surface area contributed by atoms with Crippen LogP contribution in [0.5, 0.6) is 0 Å². The van der Waals surface area contributed by atoms with E-state index < -0.39 is 0 Å². The van der Waals surface area contributed by atoms with Gasteiger partial charge in [0.05, 0.1) is 6.61 Å². The molecule has 0 aliphatic rings. The van der Waals surface area contributed by atoms with Crippen molar-refractivity contribution in [3.8, 4) is 0 Å². The molecule has 0 bridgehead atoms. The first-order valence-electron chi connectivity index (χ1n) is 2.56. The quantitative estimate of drug-likeness (QED) is 0.474. The van der Waals surface area contributed by atoms with Gasteiger partial charge in [-0.05, 0) is 12.8 Å². The summed E-state index contributed by atoms with van der Waals surface area (Å²) in [7, 11) is 0. The number of aliphatic hydroxyl groups excluding tert-OH is 3. The van der Waals surface area contributed by atoms with Gasteiger partial charge in [-0.2, -0.15) is 0 Å². The molecule has 0 aromatic carbocycles. The Kier molecular flexibility index (Phi) is 4.95. The molecule has 49 valence electrons. The minimum Gasteiger partial charge on any atom is -0.396 e. The van der Waals surface area contributed by atoms with Crippen molar-refractivity contribution in [1.82, 2.24) is 0 Å². The van der Waals surface area contributed by atoms with Crippen molar-refractivity contribution in [1.29, 1.82) is 0 Å². The maximum Gasteiger partial charge on any atom is 0.119 e. The molecule has 1 radical (unpaired) electrons. The Hall–Kier alpha value is -0.120. The maximum atomic E-state index is 8.54. The summed E-state index contributed by atoms with van der Waals surface area (Å²) >= 11 is 0. The molecule has 0 unspecified atom stereocenters. The van der Waals surface area contributed by atoms with E-state index in [0.29, 0.717) is 12.8 Å². The number of hydrogen-bond donors (Lipinski definition) is 3.